The van der Waals surface area contributed by atoms with Crippen LogP contribution < -0.4 is 5.32 Å². The lowest BCUT2D eigenvalue weighted by atomic mass is 10.3. The van der Waals surface area contributed by atoms with Crippen LogP contribution in [0.25, 0.3) is 0 Å². The molecule has 0 bridgehead atoms. The highest BCUT2D eigenvalue weighted by atomic mass is 35.5. The van der Waals surface area contributed by atoms with Gasteiger partial charge in [0, 0.05) is 22.9 Å². The molecule has 0 radical (unpaired) electrons. The van der Waals surface area contributed by atoms with E-state index in [1.165, 1.54) is 23.1 Å². The Kier molecular flexibility index (Phi) is 4.81. The van der Waals surface area contributed by atoms with Gasteiger partial charge in [0.15, 0.2) is 4.34 Å². The van der Waals surface area contributed by atoms with Gasteiger partial charge in [-0.3, -0.25) is 0 Å². The zero-order valence-corrected chi connectivity index (χ0v) is 11.6. The fourth-order valence-electron chi connectivity index (χ4n) is 1.19. The molecule has 4 nitrogen and oxygen atoms in total. The minimum absolute atomic E-state index is 0.515. The molecule has 1 aromatic carbocycles. The fourth-order valence-corrected chi connectivity index (χ4v) is 3.07. The molecule has 0 spiro atoms. The monoisotopic (exact) mass is 296 g/mol. The Bertz CT molecular complexity index is 564. The van der Waals surface area contributed by atoms with Crippen LogP contribution >= 0.6 is 34.7 Å². The minimum Gasteiger partial charge on any atom is -0.330 e. The molecule has 1 N–H and O–H groups in total. The Hall–Kier alpha value is -1.29. The van der Waals surface area contributed by atoms with E-state index in [0.29, 0.717) is 11.4 Å². The summed E-state index contributed by atoms with van der Waals surface area (Å²) in [4.78, 5) is 0. The summed E-state index contributed by atoms with van der Waals surface area (Å²) in [7, 11) is 0. The van der Waals surface area contributed by atoms with Crippen molar-refractivity contribution in [2.24, 2.45) is 0 Å². The van der Waals surface area contributed by atoms with E-state index >= 15 is 0 Å². The van der Waals surface area contributed by atoms with Gasteiger partial charge in [-0.2, -0.15) is 5.26 Å². The summed E-state index contributed by atoms with van der Waals surface area (Å²) in [5.74, 6) is 0.738. The first-order chi connectivity index (χ1) is 8.78. The average molecular weight is 297 g/mol. The van der Waals surface area contributed by atoms with Crippen molar-refractivity contribution >= 4 is 45.5 Å². The lowest BCUT2D eigenvalue weighted by molar-refractivity contribution is 1.01. The first kappa shape index (κ1) is 13.1. The maximum absolute atomic E-state index is 8.45. The Morgan fingerprint density at radius 2 is 2.33 bits per heavy atom. The molecule has 2 rings (SSSR count). The van der Waals surface area contributed by atoms with Gasteiger partial charge in [-0.1, -0.05) is 40.8 Å². The first-order valence-electron chi connectivity index (χ1n) is 5.14. The maximum Gasteiger partial charge on any atom is 0.210 e. The summed E-state index contributed by atoms with van der Waals surface area (Å²) >= 11 is 8.89. The summed E-state index contributed by atoms with van der Waals surface area (Å²) in [5, 5.41) is 21.0. The number of thioether (sulfide) groups is 1. The van der Waals surface area contributed by atoms with Gasteiger partial charge < -0.3 is 5.32 Å². The van der Waals surface area contributed by atoms with Crippen LogP contribution in [0.4, 0.5) is 10.8 Å². The molecule has 0 atom stereocenters. The van der Waals surface area contributed by atoms with Gasteiger partial charge in [0.05, 0.1) is 6.07 Å². The fraction of sp³-hybridized carbons (Fsp3) is 0.182. The van der Waals surface area contributed by atoms with Gasteiger partial charge in [0.1, 0.15) is 0 Å². The number of benzene rings is 1. The molecule has 0 fully saturated rings. The Labute approximate surface area is 118 Å². The van der Waals surface area contributed by atoms with E-state index in [1.807, 2.05) is 24.3 Å². The average Bonchev–Trinajstić information content (AvgIpc) is 2.77. The number of rotatable bonds is 5. The number of halogens is 1. The SMILES string of the molecule is N#CCCSc1nnc(Nc2cccc(Cl)c2)s1. The third-order valence-corrected chi connectivity index (χ3v) is 4.13. The van der Waals surface area contributed by atoms with Crippen molar-refractivity contribution in [1.82, 2.24) is 10.2 Å². The third-order valence-electron chi connectivity index (χ3n) is 1.92. The van der Waals surface area contributed by atoms with Gasteiger partial charge in [0.2, 0.25) is 5.13 Å². The predicted octanol–water partition coefficient (Wildman–Crippen LogP) is 3.94. The molecule has 18 heavy (non-hydrogen) atoms. The lowest BCUT2D eigenvalue weighted by Gasteiger charge is -2.00. The van der Waals surface area contributed by atoms with Crippen LogP contribution in [0.1, 0.15) is 6.42 Å². The molecule has 0 saturated heterocycles. The highest BCUT2D eigenvalue weighted by molar-refractivity contribution is 8.01. The van der Waals surface area contributed by atoms with Crippen molar-refractivity contribution in [2.75, 3.05) is 11.1 Å². The van der Waals surface area contributed by atoms with Gasteiger partial charge >= 0.3 is 0 Å². The van der Waals surface area contributed by atoms with Gasteiger partial charge in [-0.25, -0.2) is 0 Å². The molecule has 2 aromatic rings. The molecule has 0 aliphatic heterocycles. The Balaban J connectivity index is 1.96. The normalized spacial score (nSPS) is 10.0. The maximum atomic E-state index is 8.45. The zero-order chi connectivity index (χ0) is 12.8. The number of hydrogen-bond acceptors (Lipinski definition) is 6. The van der Waals surface area contributed by atoms with E-state index in [4.69, 9.17) is 16.9 Å². The molecule has 0 aliphatic rings. The molecule has 92 valence electrons. The van der Waals surface area contributed by atoms with E-state index in [1.54, 1.807) is 0 Å². The van der Waals surface area contributed by atoms with Crippen LogP contribution in [0.5, 0.6) is 0 Å². The van der Waals surface area contributed by atoms with E-state index in [2.05, 4.69) is 21.6 Å². The molecule has 7 heteroatoms. The van der Waals surface area contributed by atoms with Gasteiger partial charge in [-0.05, 0) is 18.2 Å². The number of nitriles is 1. The Morgan fingerprint density at radius 1 is 1.44 bits per heavy atom. The number of nitrogens with zero attached hydrogens (tertiary/aromatic N) is 3. The molecule has 1 heterocycles. The molecular formula is C11H9ClN4S2. The van der Waals surface area contributed by atoms with Gasteiger partial charge in [-0.15, -0.1) is 10.2 Å². The van der Waals surface area contributed by atoms with E-state index in [-0.39, 0.29) is 0 Å². The predicted molar refractivity (Wildman–Crippen MR) is 75.6 cm³/mol. The highest BCUT2D eigenvalue weighted by Gasteiger charge is 2.05. The molecule has 0 unspecified atom stereocenters. The van der Waals surface area contributed by atoms with Crippen LogP contribution in [-0.4, -0.2) is 16.0 Å². The van der Waals surface area contributed by atoms with E-state index in [9.17, 15) is 0 Å². The van der Waals surface area contributed by atoms with Crippen molar-refractivity contribution in [3.63, 3.8) is 0 Å². The third kappa shape index (κ3) is 3.88. The molecule has 0 aliphatic carbocycles. The zero-order valence-electron chi connectivity index (χ0n) is 9.26. The lowest BCUT2D eigenvalue weighted by Crippen LogP contribution is -1.88. The van der Waals surface area contributed by atoms with Crippen molar-refractivity contribution in [2.45, 2.75) is 10.8 Å². The number of anilines is 2. The number of nitrogens with one attached hydrogen (secondary N) is 1. The summed E-state index contributed by atoms with van der Waals surface area (Å²) in [5.41, 5.74) is 0.882. The molecule has 0 saturated carbocycles. The summed E-state index contributed by atoms with van der Waals surface area (Å²) in [6.07, 6.45) is 0.515. The topological polar surface area (TPSA) is 61.6 Å². The standard InChI is InChI=1S/C11H9ClN4S2/c12-8-3-1-4-9(7-8)14-10-15-16-11(18-10)17-6-2-5-13/h1,3-4,7H,2,6H2,(H,14,15). The van der Waals surface area contributed by atoms with Crippen LogP contribution in [0.2, 0.25) is 5.02 Å². The summed E-state index contributed by atoms with van der Waals surface area (Å²) in [6, 6.07) is 9.52. The summed E-state index contributed by atoms with van der Waals surface area (Å²) < 4.78 is 0.856. The van der Waals surface area contributed by atoms with Crippen molar-refractivity contribution in [1.29, 1.82) is 5.26 Å². The van der Waals surface area contributed by atoms with Gasteiger partial charge in [0.25, 0.3) is 0 Å². The number of hydrogen-bond donors (Lipinski definition) is 1. The molecular weight excluding hydrogens is 288 g/mol. The Morgan fingerprint density at radius 3 is 3.11 bits per heavy atom. The van der Waals surface area contributed by atoms with Crippen molar-refractivity contribution in [3.8, 4) is 6.07 Å². The molecule has 0 amide bonds. The second kappa shape index (κ2) is 6.59. The van der Waals surface area contributed by atoms with E-state index in [0.717, 1.165) is 20.9 Å². The highest BCUT2D eigenvalue weighted by Crippen LogP contribution is 2.28. The van der Waals surface area contributed by atoms with E-state index < -0.39 is 0 Å². The molecule has 1 aromatic heterocycles. The second-order valence-electron chi connectivity index (χ2n) is 3.27. The van der Waals surface area contributed by atoms with Crippen molar-refractivity contribution < 1.29 is 0 Å². The largest absolute Gasteiger partial charge is 0.330 e. The number of aromatic nitrogens is 2. The van der Waals surface area contributed by atoms with Crippen molar-refractivity contribution in [3.05, 3.63) is 29.3 Å². The summed E-state index contributed by atoms with van der Waals surface area (Å²) in [6.45, 7) is 0. The quantitative estimate of drug-likeness (QED) is 0.669. The minimum atomic E-state index is 0.515. The van der Waals surface area contributed by atoms with Crippen LogP contribution in [0.15, 0.2) is 28.6 Å². The second-order valence-corrected chi connectivity index (χ2v) is 6.02. The first-order valence-corrected chi connectivity index (χ1v) is 7.32. The van der Waals surface area contributed by atoms with Crippen LogP contribution in [0.3, 0.4) is 0 Å². The van der Waals surface area contributed by atoms with Crippen LogP contribution in [0, 0.1) is 11.3 Å². The smallest absolute Gasteiger partial charge is 0.210 e. The van der Waals surface area contributed by atoms with Crippen LogP contribution in [-0.2, 0) is 0 Å².